The number of rotatable bonds is 2. The highest BCUT2D eigenvalue weighted by atomic mass is 16.5. The predicted octanol–water partition coefficient (Wildman–Crippen LogP) is 1.46. The third-order valence-corrected chi connectivity index (χ3v) is 4.52. The van der Waals surface area contributed by atoms with Crippen molar-refractivity contribution >= 4 is 11.6 Å². The lowest BCUT2D eigenvalue weighted by Gasteiger charge is -2.22. The van der Waals surface area contributed by atoms with Gasteiger partial charge in [0, 0.05) is 12.1 Å². The largest absolute Gasteiger partial charge is 0.373 e. The molecule has 1 aromatic rings. The number of fused-ring (bicyclic) bond motifs is 3. The Hall–Kier alpha value is -1.55. The summed E-state index contributed by atoms with van der Waals surface area (Å²) in [7, 11) is 0. The lowest BCUT2D eigenvalue weighted by atomic mass is 9.95. The molecule has 3 aliphatic rings. The van der Waals surface area contributed by atoms with Gasteiger partial charge in [0.25, 0.3) is 0 Å². The van der Waals surface area contributed by atoms with Crippen LogP contribution in [0.3, 0.4) is 0 Å². The number of amides is 1. The second-order valence-electron chi connectivity index (χ2n) is 5.78. The van der Waals surface area contributed by atoms with Gasteiger partial charge < -0.3 is 15.4 Å². The van der Waals surface area contributed by atoms with Crippen LogP contribution in [0.25, 0.3) is 0 Å². The van der Waals surface area contributed by atoms with Crippen LogP contribution in [-0.2, 0) is 16.0 Å². The van der Waals surface area contributed by atoms with Gasteiger partial charge in [-0.1, -0.05) is 18.2 Å². The van der Waals surface area contributed by atoms with Crippen LogP contribution in [0.1, 0.15) is 24.8 Å². The van der Waals surface area contributed by atoms with Gasteiger partial charge in [0.1, 0.15) is 6.04 Å². The van der Waals surface area contributed by atoms with Crippen LogP contribution in [-0.4, -0.2) is 30.2 Å². The minimum atomic E-state index is -0.128. The molecule has 4 rings (SSSR count). The van der Waals surface area contributed by atoms with Gasteiger partial charge in [0.2, 0.25) is 5.91 Å². The Kier molecular flexibility index (Phi) is 2.52. The van der Waals surface area contributed by atoms with E-state index in [9.17, 15) is 4.79 Å². The van der Waals surface area contributed by atoms with Crippen molar-refractivity contribution in [2.75, 3.05) is 5.32 Å². The summed E-state index contributed by atoms with van der Waals surface area (Å²) in [5.41, 5.74) is 2.32. The molecule has 3 aliphatic heterocycles. The van der Waals surface area contributed by atoms with E-state index in [4.69, 9.17) is 4.74 Å². The SMILES string of the molecule is O=C(NC1CC2CCC1O2)[C@@H]1Cc2ccccc2N1. The summed E-state index contributed by atoms with van der Waals surface area (Å²) in [5.74, 6) is 0.109. The monoisotopic (exact) mass is 258 g/mol. The summed E-state index contributed by atoms with van der Waals surface area (Å²) in [6.07, 6.45) is 4.64. The molecule has 2 fully saturated rings. The summed E-state index contributed by atoms with van der Waals surface area (Å²) in [4.78, 5) is 12.3. The van der Waals surface area contributed by atoms with Gasteiger partial charge in [-0.25, -0.2) is 0 Å². The molecule has 4 nitrogen and oxygen atoms in total. The van der Waals surface area contributed by atoms with Gasteiger partial charge in [0.05, 0.1) is 18.2 Å². The maximum atomic E-state index is 12.3. The van der Waals surface area contributed by atoms with Crippen molar-refractivity contribution in [3.05, 3.63) is 29.8 Å². The number of benzene rings is 1. The van der Waals surface area contributed by atoms with E-state index in [1.807, 2.05) is 18.2 Å². The topological polar surface area (TPSA) is 50.4 Å². The molecule has 0 spiro atoms. The normalized spacial score (nSPS) is 34.9. The number of hydrogen-bond donors (Lipinski definition) is 2. The number of carbonyl (C=O) groups is 1. The third-order valence-electron chi connectivity index (χ3n) is 4.52. The van der Waals surface area contributed by atoms with E-state index < -0.39 is 0 Å². The molecule has 4 atom stereocenters. The molecule has 100 valence electrons. The number of anilines is 1. The summed E-state index contributed by atoms with van der Waals surface area (Å²) < 4.78 is 5.78. The van der Waals surface area contributed by atoms with Crippen molar-refractivity contribution in [3.63, 3.8) is 0 Å². The summed E-state index contributed by atoms with van der Waals surface area (Å²) in [5, 5.41) is 6.46. The predicted molar refractivity (Wildman–Crippen MR) is 72.0 cm³/mol. The van der Waals surface area contributed by atoms with E-state index in [-0.39, 0.29) is 24.1 Å². The molecule has 3 heterocycles. The van der Waals surface area contributed by atoms with Crippen molar-refractivity contribution in [2.45, 2.75) is 50.0 Å². The molecular weight excluding hydrogens is 240 g/mol. The van der Waals surface area contributed by atoms with Crippen LogP contribution < -0.4 is 10.6 Å². The summed E-state index contributed by atoms with van der Waals surface area (Å²) in [6.45, 7) is 0. The molecule has 0 aliphatic carbocycles. The highest BCUT2D eigenvalue weighted by molar-refractivity contribution is 5.87. The highest BCUT2D eigenvalue weighted by Crippen LogP contribution is 2.34. The summed E-state index contributed by atoms with van der Waals surface area (Å²) >= 11 is 0. The lowest BCUT2D eigenvalue weighted by molar-refractivity contribution is -0.122. The molecule has 0 radical (unpaired) electrons. The van der Waals surface area contributed by atoms with Gasteiger partial charge in [-0.15, -0.1) is 0 Å². The number of ether oxygens (including phenoxy) is 1. The Morgan fingerprint density at radius 2 is 2.21 bits per heavy atom. The number of nitrogens with one attached hydrogen (secondary N) is 2. The highest BCUT2D eigenvalue weighted by Gasteiger charge is 2.42. The fourth-order valence-electron chi connectivity index (χ4n) is 3.53. The van der Waals surface area contributed by atoms with Gasteiger partial charge in [0.15, 0.2) is 0 Å². The zero-order valence-electron chi connectivity index (χ0n) is 10.8. The van der Waals surface area contributed by atoms with Crippen LogP contribution in [0.5, 0.6) is 0 Å². The van der Waals surface area contributed by atoms with E-state index >= 15 is 0 Å². The van der Waals surface area contributed by atoms with Crippen LogP contribution in [0, 0.1) is 0 Å². The Morgan fingerprint density at radius 3 is 2.95 bits per heavy atom. The smallest absolute Gasteiger partial charge is 0.243 e. The van der Waals surface area contributed by atoms with Gasteiger partial charge in [-0.05, 0) is 30.9 Å². The zero-order chi connectivity index (χ0) is 12.8. The van der Waals surface area contributed by atoms with E-state index in [0.29, 0.717) is 6.10 Å². The maximum Gasteiger partial charge on any atom is 0.243 e. The first-order chi connectivity index (χ1) is 9.29. The summed E-state index contributed by atoms with van der Waals surface area (Å²) in [6, 6.07) is 8.22. The second-order valence-corrected chi connectivity index (χ2v) is 5.78. The molecular formula is C15H18N2O2. The van der Waals surface area contributed by atoms with Crippen molar-refractivity contribution in [3.8, 4) is 0 Å². The second kappa shape index (κ2) is 4.23. The van der Waals surface area contributed by atoms with Crippen molar-refractivity contribution < 1.29 is 9.53 Å². The molecule has 1 aromatic carbocycles. The molecule has 2 bridgehead atoms. The third kappa shape index (κ3) is 1.91. The lowest BCUT2D eigenvalue weighted by Crippen LogP contribution is -2.47. The van der Waals surface area contributed by atoms with Crippen LogP contribution in [0.15, 0.2) is 24.3 Å². The molecule has 1 amide bonds. The first-order valence-electron chi connectivity index (χ1n) is 7.10. The number of hydrogen-bond acceptors (Lipinski definition) is 3. The quantitative estimate of drug-likeness (QED) is 0.844. The molecule has 4 heteroatoms. The zero-order valence-corrected chi connectivity index (χ0v) is 10.8. The Morgan fingerprint density at radius 1 is 1.32 bits per heavy atom. The van der Waals surface area contributed by atoms with Gasteiger partial charge >= 0.3 is 0 Å². The molecule has 2 saturated heterocycles. The number of carbonyl (C=O) groups excluding carboxylic acids is 1. The standard InChI is InChI=1S/C15H18N2O2/c18-15(17-12-8-10-5-6-14(12)19-10)13-7-9-3-1-2-4-11(9)16-13/h1-4,10,12-14,16H,5-8H2,(H,17,18)/t10?,12?,13-,14?/m0/s1. The van der Waals surface area contributed by atoms with E-state index in [1.54, 1.807) is 0 Å². The number of para-hydroxylation sites is 1. The molecule has 0 saturated carbocycles. The van der Waals surface area contributed by atoms with E-state index in [0.717, 1.165) is 31.4 Å². The fraction of sp³-hybridized carbons (Fsp3) is 0.533. The van der Waals surface area contributed by atoms with E-state index in [2.05, 4.69) is 16.7 Å². The van der Waals surface area contributed by atoms with Crippen LogP contribution in [0.2, 0.25) is 0 Å². The molecule has 3 unspecified atom stereocenters. The fourth-order valence-corrected chi connectivity index (χ4v) is 3.53. The average molecular weight is 258 g/mol. The van der Waals surface area contributed by atoms with Gasteiger partial charge in [-0.3, -0.25) is 4.79 Å². The Labute approximate surface area is 112 Å². The minimum absolute atomic E-state index is 0.109. The Bertz CT molecular complexity index is 492. The van der Waals surface area contributed by atoms with Crippen molar-refractivity contribution in [2.24, 2.45) is 0 Å². The Balaban J connectivity index is 1.40. The van der Waals surface area contributed by atoms with E-state index in [1.165, 1.54) is 5.56 Å². The minimum Gasteiger partial charge on any atom is -0.373 e. The maximum absolute atomic E-state index is 12.3. The average Bonchev–Trinajstić information content (AvgIpc) is 3.12. The molecule has 0 aromatic heterocycles. The molecule has 2 N–H and O–H groups in total. The van der Waals surface area contributed by atoms with Crippen LogP contribution >= 0.6 is 0 Å². The first kappa shape index (κ1) is 11.3. The van der Waals surface area contributed by atoms with Crippen molar-refractivity contribution in [1.29, 1.82) is 0 Å². The molecule has 19 heavy (non-hydrogen) atoms. The van der Waals surface area contributed by atoms with Crippen molar-refractivity contribution in [1.82, 2.24) is 5.32 Å². The van der Waals surface area contributed by atoms with Crippen LogP contribution in [0.4, 0.5) is 5.69 Å². The van der Waals surface area contributed by atoms with Gasteiger partial charge in [-0.2, -0.15) is 0 Å². The first-order valence-corrected chi connectivity index (χ1v) is 7.10.